The number of hydrogen-bond donors (Lipinski definition) is 0. The first-order valence-corrected chi connectivity index (χ1v) is 10.8. The Hall–Kier alpha value is -3.30. The van der Waals surface area contributed by atoms with Crippen molar-refractivity contribution >= 4 is 58.7 Å². The van der Waals surface area contributed by atoms with Crippen LogP contribution in [0, 0.1) is 0 Å². The van der Waals surface area contributed by atoms with Crippen LogP contribution in [-0.4, -0.2) is 52.5 Å². The van der Waals surface area contributed by atoms with Crippen LogP contribution in [0.15, 0.2) is 69.1 Å². The number of thiocarbonyl (C=S) groups is 1. The lowest BCUT2D eigenvalue weighted by atomic mass is 10.1. The van der Waals surface area contributed by atoms with Gasteiger partial charge in [-0.15, -0.1) is 0 Å². The lowest BCUT2D eigenvalue weighted by Crippen LogP contribution is -2.52. The van der Waals surface area contributed by atoms with E-state index in [0.29, 0.717) is 5.71 Å². The number of amides is 2. The van der Waals surface area contributed by atoms with Crippen LogP contribution in [0.2, 0.25) is 0 Å². The fourth-order valence-electron chi connectivity index (χ4n) is 2.86. The van der Waals surface area contributed by atoms with E-state index in [1.54, 1.807) is 38.9 Å². The molecule has 3 rings (SSSR count). The topological polar surface area (TPSA) is 79.3 Å². The monoisotopic (exact) mass is 467 g/mol. The number of benzene rings is 2. The molecule has 2 amide bonds. The zero-order valence-electron chi connectivity index (χ0n) is 18.0. The van der Waals surface area contributed by atoms with Crippen LogP contribution < -0.4 is 0 Å². The maximum absolute atomic E-state index is 12.4. The first-order chi connectivity index (χ1) is 15.2. The van der Waals surface area contributed by atoms with Gasteiger partial charge >= 0.3 is 5.97 Å². The molecule has 0 atom stereocenters. The van der Waals surface area contributed by atoms with E-state index >= 15 is 0 Å². The molecule has 2 aromatic rings. The molecule has 1 aliphatic heterocycles. The first-order valence-electron chi connectivity index (χ1n) is 9.59. The van der Waals surface area contributed by atoms with Crippen molar-refractivity contribution in [1.29, 1.82) is 0 Å². The van der Waals surface area contributed by atoms with Crippen molar-refractivity contribution in [1.82, 2.24) is 9.80 Å². The Kier molecular flexibility index (Phi) is 7.22. The predicted molar refractivity (Wildman–Crippen MR) is 127 cm³/mol. The zero-order valence-corrected chi connectivity index (χ0v) is 19.6. The maximum atomic E-state index is 12.4. The van der Waals surface area contributed by atoms with Crippen LogP contribution in [0.3, 0.4) is 0 Å². The maximum Gasteiger partial charge on any atom is 0.331 e. The fourth-order valence-corrected chi connectivity index (χ4v) is 3.84. The van der Waals surface area contributed by atoms with E-state index in [1.165, 1.54) is 16.7 Å². The van der Waals surface area contributed by atoms with Crippen LogP contribution in [-0.2, 0) is 19.2 Å². The molecule has 32 heavy (non-hydrogen) atoms. The van der Waals surface area contributed by atoms with Crippen LogP contribution in [0.4, 0.5) is 0 Å². The molecule has 0 radical (unpaired) electrons. The minimum absolute atomic E-state index is 0.0744. The molecule has 0 saturated carbocycles. The summed E-state index contributed by atoms with van der Waals surface area (Å²) in [5.41, 5.74) is 2.28. The third-order valence-electron chi connectivity index (χ3n) is 4.65. The molecule has 2 aromatic carbocycles. The van der Waals surface area contributed by atoms with E-state index in [1.807, 2.05) is 48.5 Å². The smallest absolute Gasteiger partial charge is 0.318 e. The number of likely N-dealkylation sites (N-methyl/N-ethyl adjacent to an activating group) is 2. The van der Waals surface area contributed by atoms with E-state index in [4.69, 9.17) is 12.2 Å². The average Bonchev–Trinajstić information content (AvgIpc) is 2.79. The minimum atomic E-state index is -0.463. The van der Waals surface area contributed by atoms with E-state index in [0.717, 1.165) is 20.9 Å². The molecule has 0 N–H and O–H groups in total. The summed E-state index contributed by atoms with van der Waals surface area (Å²) in [7, 11) is 3.10. The van der Waals surface area contributed by atoms with E-state index in [-0.39, 0.29) is 10.7 Å². The van der Waals surface area contributed by atoms with Crippen molar-refractivity contribution in [3.63, 3.8) is 0 Å². The third-order valence-corrected chi connectivity index (χ3v) is 6.22. The van der Waals surface area contributed by atoms with Crippen molar-refractivity contribution in [2.75, 3.05) is 14.1 Å². The highest BCUT2D eigenvalue weighted by Crippen LogP contribution is 2.29. The predicted octanol–water partition coefficient (Wildman–Crippen LogP) is 3.72. The average molecular weight is 468 g/mol. The number of carbonyl (C=O) groups is 3. The van der Waals surface area contributed by atoms with Crippen molar-refractivity contribution < 1.29 is 19.2 Å². The molecule has 1 saturated heterocycles. The Bertz CT molecular complexity index is 1110. The van der Waals surface area contributed by atoms with Crippen molar-refractivity contribution in [3.8, 4) is 0 Å². The molecule has 0 bridgehead atoms. The van der Waals surface area contributed by atoms with Crippen LogP contribution in [0.1, 0.15) is 25.0 Å². The number of rotatable bonds is 5. The molecule has 0 unspecified atom stereocenters. The second-order valence-electron chi connectivity index (χ2n) is 7.02. The molecule has 0 aromatic heterocycles. The Balaban J connectivity index is 1.71. The summed E-state index contributed by atoms with van der Waals surface area (Å²) in [6.45, 7) is 3.07. The van der Waals surface area contributed by atoms with Crippen molar-refractivity contribution in [3.05, 3.63) is 65.2 Å². The number of hydrogen-bond acceptors (Lipinski definition) is 7. The van der Waals surface area contributed by atoms with E-state index in [9.17, 15) is 14.4 Å². The van der Waals surface area contributed by atoms with Gasteiger partial charge in [-0.25, -0.2) is 4.79 Å². The lowest BCUT2D eigenvalue weighted by Gasteiger charge is -2.31. The summed E-state index contributed by atoms with van der Waals surface area (Å²) in [6, 6.07) is 15.3. The zero-order chi connectivity index (χ0) is 23.4. The Morgan fingerprint density at radius 1 is 0.938 bits per heavy atom. The number of oxime groups is 1. The normalized spacial score (nSPS) is 14.7. The highest BCUT2D eigenvalue weighted by Gasteiger charge is 2.35. The van der Waals surface area contributed by atoms with Gasteiger partial charge in [-0.1, -0.05) is 41.2 Å². The standard InChI is InChI=1S/C23H21N3O4S2/c1-14(24-30-15(2)27)17-7-11-19(12-8-17)32-18-9-5-16(6-10-18)13-20-21(28)25(3)23(31)26(4)22(20)29/h5-13H,1-4H3. The van der Waals surface area contributed by atoms with Gasteiger partial charge in [0.05, 0.1) is 5.71 Å². The molecule has 1 heterocycles. The van der Waals surface area contributed by atoms with Gasteiger partial charge in [-0.05, 0) is 60.6 Å². The highest BCUT2D eigenvalue weighted by atomic mass is 32.2. The van der Waals surface area contributed by atoms with Gasteiger partial charge in [0, 0.05) is 30.8 Å². The van der Waals surface area contributed by atoms with Gasteiger partial charge in [0.1, 0.15) is 5.57 Å². The van der Waals surface area contributed by atoms with Crippen LogP contribution in [0.25, 0.3) is 6.08 Å². The largest absolute Gasteiger partial charge is 0.331 e. The molecule has 9 heteroatoms. The van der Waals surface area contributed by atoms with Gasteiger partial charge in [-0.2, -0.15) is 0 Å². The molecule has 164 valence electrons. The molecule has 0 aliphatic carbocycles. The molecule has 0 spiro atoms. The van der Waals surface area contributed by atoms with Gasteiger partial charge in [0.15, 0.2) is 5.11 Å². The highest BCUT2D eigenvalue weighted by molar-refractivity contribution is 7.99. The third kappa shape index (κ3) is 5.30. The first kappa shape index (κ1) is 23.4. The van der Waals surface area contributed by atoms with Crippen molar-refractivity contribution in [2.24, 2.45) is 5.16 Å². The van der Waals surface area contributed by atoms with E-state index < -0.39 is 17.8 Å². The lowest BCUT2D eigenvalue weighted by molar-refractivity contribution is -0.141. The fraction of sp³-hybridized carbons (Fsp3) is 0.174. The molecule has 7 nitrogen and oxygen atoms in total. The van der Waals surface area contributed by atoms with Gasteiger partial charge in [-0.3, -0.25) is 19.4 Å². The van der Waals surface area contributed by atoms with Crippen molar-refractivity contribution in [2.45, 2.75) is 23.6 Å². The molecular formula is C23H21N3O4S2. The second-order valence-corrected chi connectivity index (χ2v) is 8.54. The summed E-state index contributed by atoms with van der Waals surface area (Å²) in [6.07, 6.45) is 1.58. The summed E-state index contributed by atoms with van der Waals surface area (Å²) < 4.78 is 0. The second kappa shape index (κ2) is 9.88. The van der Waals surface area contributed by atoms with Gasteiger partial charge in [0.2, 0.25) is 0 Å². The Morgan fingerprint density at radius 3 is 1.94 bits per heavy atom. The van der Waals surface area contributed by atoms with Gasteiger partial charge in [0.25, 0.3) is 11.8 Å². The summed E-state index contributed by atoms with van der Waals surface area (Å²) in [5.74, 6) is -1.29. The summed E-state index contributed by atoms with van der Waals surface area (Å²) >= 11 is 6.67. The number of nitrogens with zero attached hydrogens (tertiary/aromatic N) is 3. The van der Waals surface area contributed by atoms with Crippen LogP contribution >= 0.6 is 24.0 Å². The Morgan fingerprint density at radius 2 is 1.44 bits per heavy atom. The molecular weight excluding hydrogens is 446 g/mol. The summed E-state index contributed by atoms with van der Waals surface area (Å²) in [5, 5.41) is 3.97. The Labute approximate surface area is 195 Å². The quantitative estimate of drug-likeness (QED) is 0.167. The summed E-state index contributed by atoms with van der Waals surface area (Å²) in [4.78, 5) is 45.0. The SMILES string of the molecule is CC(=O)ON=C(C)c1ccc(Sc2ccc(C=C3C(=O)N(C)C(=S)N(C)C3=O)cc2)cc1. The number of carbonyl (C=O) groups excluding carboxylic acids is 3. The van der Waals surface area contributed by atoms with Gasteiger partial charge < -0.3 is 4.84 Å². The molecule has 1 aliphatic rings. The van der Waals surface area contributed by atoms with Crippen LogP contribution in [0.5, 0.6) is 0 Å². The molecule has 1 fully saturated rings. The minimum Gasteiger partial charge on any atom is -0.318 e. The van der Waals surface area contributed by atoms with E-state index in [2.05, 4.69) is 9.99 Å².